The molecule has 0 fully saturated rings. The summed E-state index contributed by atoms with van der Waals surface area (Å²) in [5, 5.41) is 3.25. The summed E-state index contributed by atoms with van der Waals surface area (Å²) in [6.45, 7) is 7.72. The third-order valence-corrected chi connectivity index (χ3v) is 3.54. The SMILES string of the molecule is CCN(C(=O)c1cc(NCCC(C)C)ncn1)c1ccccc1. The van der Waals surface area contributed by atoms with Crippen molar-refractivity contribution in [1.29, 1.82) is 0 Å². The van der Waals surface area contributed by atoms with E-state index < -0.39 is 0 Å². The lowest BCUT2D eigenvalue weighted by Gasteiger charge is -2.20. The van der Waals surface area contributed by atoms with Crippen molar-refractivity contribution in [2.24, 2.45) is 5.92 Å². The van der Waals surface area contributed by atoms with Gasteiger partial charge in [-0.1, -0.05) is 32.0 Å². The number of carbonyl (C=O) groups excluding carboxylic acids is 1. The molecule has 0 radical (unpaired) electrons. The van der Waals surface area contributed by atoms with E-state index in [2.05, 4.69) is 29.1 Å². The summed E-state index contributed by atoms with van der Waals surface area (Å²) < 4.78 is 0. The largest absolute Gasteiger partial charge is 0.370 e. The third-order valence-electron chi connectivity index (χ3n) is 3.54. The number of nitrogens with one attached hydrogen (secondary N) is 1. The van der Waals surface area contributed by atoms with Gasteiger partial charge in [0, 0.05) is 24.8 Å². The van der Waals surface area contributed by atoms with E-state index in [-0.39, 0.29) is 5.91 Å². The van der Waals surface area contributed by atoms with Crippen LogP contribution in [0, 0.1) is 5.92 Å². The Balaban J connectivity index is 2.12. The Morgan fingerprint density at radius 3 is 2.61 bits per heavy atom. The van der Waals surface area contributed by atoms with Crippen LogP contribution in [-0.4, -0.2) is 29.0 Å². The highest BCUT2D eigenvalue weighted by atomic mass is 16.2. The van der Waals surface area contributed by atoms with Crippen molar-refractivity contribution in [2.75, 3.05) is 23.3 Å². The van der Waals surface area contributed by atoms with E-state index in [4.69, 9.17) is 0 Å². The molecule has 1 N–H and O–H groups in total. The zero-order valence-corrected chi connectivity index (χ0v) is 14.0. The minimum atomic E-state index is -0.118. The summed E-state index contributed by atoms with van der Waals surface area (Å²) in [4.78, 5) is 22.7. The van der Waals surface area contributed by atoms with Crippen molar-refractivity contribution in [2.45, 2.75) is 27.2 Å². The molecule has 1 amide bonds. The number of nitrogens with zero attached hydrogens (tertiary/aromatic N) is 3. The van der Waals surface area contributed by atoms with Gasteiger partial charge in [-0.05, 0) is 31.4 Å². The molecule has 0 saturated heterocycles. The standard InChI is InChI=1S/C18H24N4O/c1-4-22(15-8-6-5-7-9-15)18(23)16-12-17(21-13-20-16)19-11-10-14(2)3/h5-9,12-14H,4,10-11H2,1-3H3,(H,19,20,21). The van der Waals surface area contributed by atoms with Gasteiger partial charge < -0.3 is 10.2 Å². The maximum absolute atomic E-state index is 12.7. The lowest BCUT2D eigenvalue weighted by atomic mass is 10.1. The van der Waals surface area contributed by atoms with Crippen molar-refractivity contribution in [3.05, 3.63) is 48.4 Å². The molecule has 5 heteroatoms. The fourth-order valence-electron chi connectivity index (χ4n) is 2.25. The number of anilines is 2. The number of amides is 1. The van der Waals surface area contributed by atoms with Crippen LogP contribution in [-0.2, 0) is 0 Å². The lowest BCUT2D eigenvalue weighted by molar-refractivity contribution is 0.0983. The van der Waals surface area contributed by atoms with E-state index in [0.29, 0.717) is 24.0 Å². The first-order valence-electron chi connectivity index (χ1n) is 8.04. The fraction of sp³-hybridized carbons (Fsp3) is 0.389. The van der Waals surface area contributed by atoms with E-state index in [9.17, 15) is 4.79 Å². The predicted molar refractivity (Wildman–Crippen MR) is 93.8 cm³/mol. The Morgan fingerprint density at radius 2 is 1.96 bits per heavy atom. The molecule has 23 heavy (non-hydrogen) atoms. The molecule has 1 heterocycles. The van der Waals surface area contributed by atoms with Crippen molar-refractivity contribution in [1.82, 2.24) is 9.97 Å². The first-order valence-corrected chi connectivity index (χ1v) is 8.04. The van der Waals surface area contributed by atoms with Gasteiger partial charge >= 0.3 is 0 Å². The average molecular weight is 312 g/mol. The number of hydrogen-bond acceptors (Lipinski definition) is 4. The number of para-hydroxylation sites is 1. The molecule has 0 unspecified atom stereocenters. The fourth-order valence-corrected chi connectivity index (χ4v) is 2.25. The Hall–Kier alpha value is -2.43. The van der Waals surface area contributed by atoms with Crippen LogP contribution in [0.5, 0.6) is 0 Å². The molecule has 5 nitrogen and oxygen atoms in total. The highest BCUT2D eigenvalue weighted by Crippen LogP contribution is 2.16. The first kappa shape index (κ1) is 16.9. The molecule has 0 spiro atoms. The zero-order chi connectivity index (χ0) is 16.7. The van der Waals surface area contributed by atoms with Gasteiger partial charge in [-0.2, -0.15) is 0 Å². The summed E-state index contributed by atoms with van der Waals surface area (Å²) in [5.74, 6) is 1.19. The van der Waals surface area contributed by atoms with Crippen molar-refractivity contribution in [3.8, 4) is 0 Å². The molecule has 0 aliphatic rings. The summed E-state index contributed by atoms with van der Waals surface area (Å²) in [7, 11) is 0. The van der Waals surface area contributed by atoms with E-state index in [1.54, 1.807) is 11.0 Å². The maximum atomic E-state index is 12.7. The minimum Gasteiger partial charge on any atom is -0.370 e. The molecule has 122 valence electrons. The third kappa shape index (κ3) is 4.77. The lowest BCUT2D eigenvalue weighted by Crippen LogP contribution is -2.31. The monoisotopic (exact) mass is 312 g/mol. The number of carbonyl (C=O) groups is 1. The van der Waals surface area contributed by atoms with Crippen LogP contribution >= 0.6 is 0 Å². The van der Waals surface area contributed by atoms with Crippen LogP contribution in [0.1, 0.15) is 37.7 Å². The normalized spacial score (nSPS) is 10.6. The molecule has 2 rings (SSSR count). The van der Waals surface area contributed by atoms with Crippen molar-refractivity contribution in [3.63, 3.8) is 0 Å². The molecule has 0 aliphatic heterocycles. The topological polar surface area (TPSA) is 58.1 Å². The molecular weight excluding hydrogens is 288 g/mol. The second kappa shape index (κ2) is 8.27. The Kier molecular flexibility index (Phi) is 6.09. The number of hydrogen-bond donors (Lipinski definition) is 1. The molecule has 0 saturated carbocycles. The minimum absolute atomic E-state index is 0.118. The second-order valence-electron chi connectivity index (χ2n) is 5.78. The maximum Gasteiger partial charge on any atom is 0.277 e. The van der Waals surface area contributed by atoms with Crippen LogP contribution in [0.2, 0.25) is 0 Å². The molecule has 0 bridgehead atoms. The van der Waals surface area contributed by atoms with E-state index >= 15 is 0 Å². The highest BCUT2D eigenvalue weighted by Gasteiger charge is 2.17. The smallest absolute Gasteiger partial charge is 0.277 e. The van der Waals surface area contributed by atoms with Gasteiger partial charge in [-0.3, -0.25) is 4.79 Å². The summed E-state index contributed by atoms with van der Waals surface area (Å²) in [6, 6.07) is 11.3. The number of benzene rings is 1. The van der Waals surface area contributed by atoms with E-state index in [1.807, 2.05) is 37.3 Å². The average Bonchev–Trinajstić information content (AvgIpc) is 2.56. The molecule has 0 atom stereocenters. The van der Waals surface area contributed by atoms with Crippen LogP contribution in [0.3, 0.4) is 0 Å². The summed E-state index contributed by atoms with van der Waals surface area (Å²) >= 11 is 0. The van der Waals surface area contributed by atoms with Crippen LogP contribution in [0.25, 0.3) is 0 Å². The van der Waals surface area contributed by atoms with Gasteiger partial charge in [0.25, 0.3) is 5.91 Å². The Morgan fingerprint density at radius 1 is 1.22 bits per heavy atom. The van der Waals surface area contributed by atoms with Gasteiger partial charge in [-0.15, -0.1) is 0 Å². The van der Waals surface area contributed by atoms with Gasteiger partial charge in [0.15, 0.2) is 0 Å². The van der Waals surface area contributed by atoms with Gasteiger partial charge in [0.2, 0.25) is 0 Å². The number of rotatable bonds is 7. The first-order chi connectivity index (χ1) is 11.1. The van der Waals surface area contributed by atoms with E-state index in [0.717, 1.165) is 18.7 Å². The number of aromatic nitrogens is 2. The second-order valence-corrected chi connectivity index (χ2v) is 5.78. The Labute approximate surface area is 137 Å². The van der Waals surface area contributed by atoms with Gasteiger partial charge in [-0.25, -0.2) is 9.97 Å². The van der Waals surface area contributed by atoms with Gasteiger partial charge in [0.1, 0.15) is 17.8 Å². The molecule has 2 aromatic rings. The van der Waals surface area contributed by atoms with E-state index in [1.165, 1.54) is 6.33 Å². The predicted octanol–water partition coefficient (Wildman–Crippen LogP) is 3.60. The molecule has 1 aromatic carbocycles. The molecule has 0 aliphatic carbocycles. The quantitative estimate of drug-likeness (QED) is 0.848. The van der Waals surface area contributed by atoms with Crippen LogP contribution < -0.4 is 10.2 Å². The van der Waals surface area contributed by atoms with Crippen LogP contribution in [0.15, 0.2) is 42.7 Å². The Bertz CT molecular complexity index is 628. The highest BCUT2D eigenvalue weighted by molar-refractivity contribution is 6.05. The zero-order valence-electron chi connectivity index (χ0n) is 14.0. The van der Waals surface area contributed by atoms with Gasteiger partial charge in [0.05, 0.1) is 0 Å². The van der Waals surface area contributed by atoms with Crippen LogP contribution in [0.4, 0.5) is 11.5 Å². The van der Waals surface area contributed by atoms with Crippen molar-refractivity contribution < 1.29 is 4.79 Å². The van der Waals surface area contributed by atoms with Crippen molar-refractivity contribution >= 4 is 17.4 Å². The molecular formula is C18H24N4O. The summed E-state index contributed by atoms with van der Waals surface area (Å²) in [6.07, 6.45) is 2.49. The summed E-state index contributed by atoms with van der Waals surface area (Å²) in [5.41, 5.74) is 1.27. The molecule has 1 aromatic heterocycles.